The lowest BCUT2D eigenvalue weighted by atomic mass is 10.1. The van der Waals surface area contributed by atoms with Gasteiger partial charge in [0.25, 0.3) is 5.91 Å². The lowest BCUT2D eigenvalue weighted by molar-refractivity contribution is 0.0939. The molecule has 2 aromatic carbocycles. The van der Waals surface area contributed by atoms with Gasteiger partial charge in [-0.3, -0.25) is 4.79 Å². The van der Waals surface area contributed by atoms with Crippen LogP contribution in [0.5, 0.6) is 0 Å². The first-order valence-corrected chi connectivity index (χ1v) is 7.73. The summed E-state index contributed by atoms with van der Waals surface area (Å²) in [6.07, 6.45) is 1.60. The van der Waals surface area contributed by atoms with Gasteiger partial charge in [0, 0.05) is 16.8 Å². The minimum absolute atomic E-state index is 0.104. The van der Waals surface area contributed by atoms with Gasteiger partial charge in [0.1, 0.15) is 11.9 Å². The molecule has 1 N–H and O–H groups in total. The molecule has 7 heteroatoms. The highest BCUT2D eigenvalue weighted by atomic mass is 35.5. The van der Waals surface area contributed by atoms with Crippen molar-refractivity contribution in [2.45, 2.75) is 6.04 Å². The molecule has 0 unspecified atom stereocenters. The molecule has 0 radical (unpaired) electrons. The van der Waals surface area contributed by atoms with Crippen molar-refractivity contribution in [1.82, 2.24) is 15.1 Å². The fraction of sp³-hybridized carbons (Fsp3) is 0.0556. The highest BCUT2D eigenvalue weighted by Gasteiger charge is 2.19. The van der Waals surface area contributed by atoms with Crippen LogP contribution in [0.1, 0.15) is 22.1 Å². The third-order valence-corrected chi connectivity index (χ3v) is 3.75. The average Bonchev–Trinajstić information content (AvgIpc) is 3.10. The second-order valence-corrected chi connectivity index (χ2v) is 5.62. The van der Waals surface area contributed by atoms with Crippen molar-refractivity contribution >= 4 is 17.5 Å². The summed E-state index contributed by atoms with van der Waals surface area (Å²) in [5.74, 6) is -1.13. The quantitative estimate of drug-likeness (QED) is 0.777. The molecule has 1 atom stereocenters. The molecule has 0 spiro atoms. The summed E-state index contributed by atoms with van der Waals surface area (Å²) in [6, 6.07) is 15.1. The van der Waals surface area contributed by atoms with Gasteiger partial charge >= 0.3 is 0 Å². The number of hydrogen-bond donors (Lipinski definition) is 1. The maximum absolute atomic E-state index is 13.8. The zero-order chi connectivity index (χ0) is 17.8. The van der Waals surface area contributed by atoms with Crippen molar-refractivity contribution in [2.75, 3.05) is 0 Å². The fourth-order valence-electron chi connectivity index (χ4n) is 2.30. The number of rotatable bonds is 4. The Kier molecular flexibility index (Phi) is 4.78. The molecule has 1 aromatic heterocycles. The van der Waals surface area contributed by atoms with Crippen LogP contribution in [-0.4, -0.2) is 15.7 Å². The Hall–Kier alpha value is -3.17. The molecular weight excluding hydrogens is 343 g/mol. The number of nitriles is 1. The first-order chi connectivity index (χ1) is 12.1. The normalized spacial score (nSPS) is 11.6. The summed E-state index contributed by atoms with van der Waals surface area (Å²) in [6.45, 7) is 0. The van der Waals surface area contributed by atoms with Crippen molar-refractivity contribution in [2.24, 2.45) is 0 Å². The largest absolute Gasteiger partial charge is 0.331 e. The maximum Gasteiger partial charge on any atom is 0.273 e. The van der Waals surface area contributed by atoms with Gasteiger partial charge in [-0.1, -0.05) is 35.9 Å². The summed E-state index contributed by atoms with van der Waals surface area (Å²) in [5.41, 5.74) is 0.904. The van der Waals surface area contributed by atoms with E-state index < -0.39 is 17.8 Å². The minimum atomic E-state index is -1.11. The second kappa shape index (κ2) is 7.16. The van der Waals surface area contributed by atoms with E-state index in [0.29, 0.717) is 10.7 Å². The van der Waals surface area contributed by atoms with E-state index in [4.69, 9.17) is 11.6 Å². The third-order valence-electron chi connectivity index (χ3n) is 3.52. The van der Waals surface area contributed by atoms with E-state index in [1.165, 1.54) is 28.9 Å². The van der Waals surface area contributed by atoms with Crippen molar-refractivity contribution in [3.63, 3.8) is 0 Å². The van der Waals surface area contributed by atoms with Gasteiger partial charge in [0.05, 0.1) is 11.8 Å². The molecule has 0 saturated carbocycles. The van der Waals surface area contributed by atoms with Crippen LogP contribution in [0.4, 0.5) is 4.39 Å². The SMILES string of the molecule is N#C[C@@H](NC(=O)c1ccn(-c2cccc(Cl)c2)n1)c1ccccc1F. The van der Waals surface area contributed by atoms with E-state index in [2.05, 4.69) is 10.4 Å². The van der Waals surface area contributed by atoms with Crippen LogP contribution in [0, 0.1) is 17.1 Å². The van der Waals surface area contributed by atoms with Crippen LogP contribution in [0.25, 0.3) is 5.69 Å². The summed E-state index contributed by atoms with van der Waals surface area (Å²) >= 11 is 5.94. The summed E-state index contributed by atoms with van der Waals surface area (Å²) in [5, 5.41) is 16.4. The predicted molar refractivity (Wildman–Crippen MR) is 90.8 cm³/mol. The van der Waals surface area contributed by atoms with Crippen molar-refractivity contribution < 1.29 is 9.18 Å². The van der Waals surface area contributed by atoms with E-state index in [9.17, 15) is 14.4 Å². The van der Waals surface area contributed by atoms with Crippen LogP contribution in [0.2, 0.25) is 5.02 Å². The predicted octanol–water partition coefficient (Wildman–Crippen LogP) is 3.66. The van der Waals surface area contributed by atoms with Gasteiger partial charge < -0.3 is 5.32 Å². The Morgan fingerprint density at radius 1 is 1.24 bits per heavy atom. The summed E-state index contributed by atoms with van der Waals surface area (Å²) in [7, 11) is 0. The van der Waals surface area contributed by atoms with Gasteiger partial charge in [0.2, 0.25) is 0 Å². The van der Waals surface area contributed by atoms with Crippen molar-refractivity contribution in [3.05, 3.63) is 82.9 Å². The van der Waals surface area contributed by atoms with Crippen molar-refractivity contribution in [1.29, 1.82) is 5.26 Å². The van der Waals surface area contributed by atoms with E-state index in [1.54, 1.807) is 36.5 Å². The highest BCUT2D eigenvalue weighted by molar-refractivity contribution is 6.30. The first kappa shape index (κ1) is 16.7. The Morgan fingerprint density at radius 2 is 2.04 bits per heavy atom. The number of amides is 1. The van der Waals surface area contributed by atoms with Gasteiger partial charge in [-0.2, -0.15) is 10.4 Å². The Labute approximate surface area is 148 Å². The minimum Gasteiger partial charge on any atom is -0.331 e. The zero-order valence-electron chi connectivity index (χ0n) is 12.9. The molecule has 0 saturated heterocycles. The molecule has 0 bridgehead atoms. The van der Waals surface area contributed by atoms with E-state index in [1.807, 2.05) is 6.07 Å². The number of hydrogen-bond acceptors (Lipinski definition) is 3. The molecule has 0 aliphatic carbocycles. The number of halogens is 2. The average molecular weight is 355 g/mol. The van der Waals surface area contributed by atoms with Gasteiger partial charge in [0.15, 0.2) is 5.69 Å². The van der Waals surface area contributed by atoms with Gasteiger partial charge in [-0.25, -0.2) is 9.07 Å². The van der Waals surface area contributed by atoms with Crippen LogP contribution in [0.3, 0.4) is 0 Å². The molecule has 25 heavy (non-hydrogen) atoms. The smallest absolute Gasteiger partial charge is 0.273 e. The highest BCUT2D eigenvalue weighted by Crippen LogP contribution is 2.17. The Bertz CT molecular complexity index is 963. The third kappa shape index (κ3) is 3.67. The molecule has 5 nitrogen and oxygen atoms in total. The molecule has 1 heterocycles. The zero-order valence-corrected chi connectivity index (χ0v) is 13.6. The van der Waals surface area contributed by atoms with Gasteiger partial charge in [-0.15, -0.1) is 0 Å². The number of nitrogens with zero attached hydrogens (tertiary/aromatic N) is 3. The maximum atomic E-state index is 13.8. The number of benzene rings is 2. The standard InChI is InChI=1S/C18H12ClFN4O/c19-12-4-3-5-13(10-12)24-9-8-16(23-24)18(25)22-17(11-21)14-6-1-2-7-15(14)20/h1-10,17H,(H,22,25)/t17-/m1/s1. The van der Waals surface area contributed by atoms with E-state index in [-0.39, 0.29) is 11.3 Å². The number of carbonyl (C=O) groups is 1. The van der Waals surface area contributed by atoms with E-state index in [0.717, 1.165) is 0 Å². The summed E-state index contributed by atoms with van der Waals surface area (Å²) < 4.78 is 15.3. The molecule has 3 aromatic rings. The molecule has 3 rings (SSSR count). The van der Waals surface area contributed by atoms with Crippen molar-refractivity contribution in [3.8, 4) is 11.8 Å². The first-order valence-electron chi connectivity index (χ1n) is 7.35. The molecule has 0 aliphatic rings. The number of carbonyl (C=O) groups excluding carboxylic acids is 1. The summed E-state index contributed by atoms with van der Waals surface area (Å²) in [4.78, 5) is 12.3. The monoisotopic (exact) mass is 354 g/mol. The molecular formula is C18H12ClFN4O. The Balaban J connectivity index is 1.80. The second-order valence-electron chi connectivity index (χ2n) is 5.18. The van der Waals surface area contributed by atoms with Crippen LogP contribution >= 0.6 is 11.6 Å². The van der Waals surface area contributed by atoms with E-state index >= 15 is 0 Å². The van der Waals surface area contributed by atoms with Gasteiger partial charge in [-0.05, 0) is 30.3 Å². The topological polar surface area (TPSA) is 70.7 Å². The molecule has 0 fully saturated rings. The number of aromatic nitrogens is 2. The van der Waals surface area contributed by atoms with Crippen LogP contribution in [0.15, 0.2) is 60.8 Å². The molecule has 1 amide bonds. The molecule has 0 aliphatic heterocycles. The van der Waals surface area contributed by atoms with Crippen LogP contribution in [-0.2, 0) is 0 Å². The fourth-order valence-corrected chi connectivity index (χ4v) is 2.49. The lowest BCUT2D eigenvalue weighted by Gasteiger charge is -2.11. The lowest BCUT2D eigenvalue weighted by Crippen LogP contribution is -2.28. The molecule has 124 valence electrons. The van der Waals surface area contributed by atoms with Crippen LogP contribution < -0.4 is 5.32 Å². The Morgan fingerprint density at radius 3 is 2.76 bits per heavy atom. The number of nitrogens with one attached hydrogen (secondary N) is 1.